The molecule has 0 radical (unpaired) electrons. The highest BCUT2D eigenvalue weighted by atomic mass is 35.5. The molecule has 2 saturated heterocycles. The number of likely N-dealkylation sites (N-methyl/N-ethyl adjacent to an activating group) is 2. The van der Waals surface area contributed by atoms with E-state index in [4.69, 9.17) is 29.3 Å². The zero-order valence-corrected chi connectivity index (χ0v) is 39.5. The number of piperazine rings is 2. The van der Waals surface area contributed by atoms with Crippen molar-refractivity contribution in [1.29, 1.82) is 0 Å². The Kier molecular flexibility index (Phi) is 15.5. The molecule has 2 fully saturated rings. The second kappa shape index (κ2) is 20.6. The van der Waals surface area contributed by atoms with E-state index in [0.717, 1.165) is 128 Å². The summed E-state index contributed by atoms with van der Waals surface area (Å²) in [7, 11) is 3.19. The summed E-state index contributed by atoms with van der Waals surface area (Å²) in [5.74, 6) is 3.82. The van der Waals surface area contributed by atoms with Crippen LogP contribution in [0.15, 0.2) is 78.0 Å². The molecule has 0 unspecified atom stereocenters. The number of ether oxygens (including phenoxy) is 3. The third-order valence-electron chi connectivity index (χ3n) is 11.1. The fourth-order valence-electron chi connectivity index (χ4n) is 7.69. The van der Waals surface area contributed by atoms with Gasteiger partial charge in [-0.15, -0.1) is 12.4 Å². The summed E-state index contributed by atoms with van der Waals surface area (Å²) in [6.07, 6.45) is 4.09. The largest absolute Gasteiger partial charge is 0.491 e. The number of nitrogens with zero attached hydrogens (tertiary/aromatic N) is 9. The minimum atomic E-state index is -1.15. The van der Waals surface area contributed by atoms with Gasteiger partial charge in [0, 0.05) is 102 Å². The summed E-state index contributed by atoms with van der Waals surface area (Å²) >= 11 is 0. The summed E-state index contributed by atoms with van der Waals surface area (Å²) < 4.78 is 20.0. The Morgan fingerprint density at radius 2 is 1.23 bits per heavy atom. The summed E-state index contributed by atoms with van der Waals surface area (Å²) in [4.78, 5) is 23.5. The van der Waals surface area contributed by atoms with E-state index in [1.54, 1.807) is 0 Å². The molecule has 3 aliphatic heterocycles. The van der Waals surface area contributed by atoms with Crippen LogP contribution in [-0.4, -0.2) is 129 Å². The summed E-state index contributed by atoms with van der Waals surface area (Å²) in [6, 6.07) is 22.1. The van der Waals surface area contributed by atoms with Crippen LogP contribution in [0.2, 0.25) is 25.7 Å². The summed E-state index contributed by atoms with van der Waals surface area (Å²) in [6.45, 7) is 25.5. The van der Waals surface area contributed by atoms with Crippen molar-refractivity contribution in [3.8, 4) is 22.8 Å². The number of rotatable bonds is 13. The fourth-order valence-corrected chi connectivity index (χ4v) is 8.44. The molecule has 0 saturated carbocycles. The average Bonchev–Trinajstić information content (AvgIpc) is 3.80. The second-order valence-corrected chi connectivity index (χ2v) is 23.7. The zero-order valence-electron chi connectivity index (χ0n) is 37.7. The lowest BCUT2D eigenvalue weighted by Gasteiger charge is -2.33. The van der Waals surface area contributed by atoms with E-state index in [-0.39, 0.29) is 24.6 Å². The van der Waals surface area contributed by atoms with Gasteiger partial charge in [0.15, 0.2) is 0 Å². The molecule has 0 amide bonds. The normalized spacial score (nSPS) is 16.0. The number of aliphatic imine (C=N–C) groups is 1. The van der Waals surface area contributed by atoms with Crippen LogP contribution in [0.4, 0.5) is 11.6 Å². The van der Waals surface area contributed by atoms with E-state index in [1.807, 2.05) is 63.0 Å². The highest BCUT2D eigenvalue weighted by Gasteiger charge is 2.23. The van der Waals surface area contributed by atoms with Crippen LogP contribution in [0, 0.1) is 0 Å². The van der Waals surface area contributed by atoms with Gasteiger partial charge in [0.25, 0.3) is 0 Å². The number of aromatic nitrogens is 4. The van der Waals surface area contributed by atoms with Gasteiger partial charge in [-0.2, -0.15) is 5.10 Å². The molecule has 0 bridgehead atoms. The van der Waals surface area contributed by atoms with E-state index in [2.05, 4.69) is 101 Å². The Hall–Kier alpha value is -4.53. The van der Waals surface area contributed by atoms with Gasteiger partial charge in [-0.25, -0.2) is 14.6 Å². The van der Waals surface area contributed by atoms with E-state index in [9.17, 15) is 0 Å². The van der Waals surface area contributed by atoms with Gasteiger partial charge in [-0.05, 0) is 108 Å². The van der Waals surface area contributed by atoms with Crippen LogP contribution in [0.3, 0.4) is 0 Å². The van der Waals surface area contributed by atoms with E-state index >= 15 is 0 Å². The van der Waals surface area contributed by atoms with Gasteiger partial charge in [0.05, 0.1) is 35.7 Å². The predicted octanol–water partition coefficient (Wildman–Crippen LogP) is 8.34. The molecule has 61 heavy (non-hydrogen) atoms. The lowest BCUT2D eigenvalue weighted by atomic mass is 10.0. The quantitative estimate of drug-likeness (QED) is 0.0850. The average molecular weight is 869 g/mol. The van der Waals surface area contributed by atoms with Gasteiger partial charge in [0.1, 0.15) is 29.9 Å². The van der Waals surface area contributed by atoms with Crippen molar-refractivity contribution in [3.63, 3.8) is 0 Å². The van der Waals surface area contributed by atoms with Crippen LogP contribution in [-0.2, 0) is 18.0 Å². The van der Waals surface area contributed by atoms with Crippen molar-refractivity contribution >= 4 is 48.7 Å². The Bertz CT molecular complexity index is 2240. The van der Waals surface area contributed by atoms with Crippen LogP contribution in [0.1, 0.15) is 44.4 Å². The Morgan fingerprint density at radius 1 is 0.672 bits per heavy atom. The minimum Gasteiger partial charge on any atom is -0.491 e. The lowest BCUT2D eigenvalue weighted by Crippen LogP contribution is -2.44. The van der Waals surface area contributed by atoms with Gasteiger partial charge < -0.3 is 33.8 Å². The molecular formula is C47H66ClN9O3Si. The van der Waals surface area contributed by atoms with E-state index in [0.29, 0.717) is 6.73 Å². The Morgan fingerprint density at radius 3 is 1.82 bits per heavy atom. The first-order valence-corrected chi connectivity index (χ1v) is 25.4. The Balaban J connectivity index is 0.000000207. The number of anilines is 2. The highest BCUT2D eigenvalue weighted by molar-refractivity contribution is 6.76. The molecule has 8 rings (SSSR count). The molecular weight excluding hydrogens is 802 g/mol. The van der Waals surface area contributed by atoms with Crippen LogP contribution >= 0.6 is 12.4 Å². The number of hydrogen-bond acceptors (Lipinski definition) is 11. The number of halogens is 1. The van der Waals surface area contributed by atoms with Crippen molar-refractivity contribution in [2.45, 2.75) is 78.9 Å². The predicted molar refractivity (Wildman–Crippen MR) is 255 cm³/mol. The molecule has 2 aromatic carbocycles. The van der Waals surface area contributed by atoms with Crippen LogP contribution < -0.4 is 19.3 Å². The molecule has 328 valence electrons. The van der Waals surface area contributed by atoms with Gasteiger partial charge in [-0.3, -0.25) is 4.99 Å². The number of fused-ring (bicyclic) bond motifs is 2. The first-order chi connectivity index (χ1) is 28.8. The topological polar surface area (TPSA) is 96.6 Å². The molecule has 6 heterocycles. The van der Waals surface area contributed by atoms with Gasteiger partial charge in [-0.1, -0.05) is 25.7 Å². The number of pyridine rings is 2. The third-order valence-corrected chi connectivity index (χ3v) is 12.8. The maximum absolute atomic E-state index is 6.11. The molecule has 3 aromatic heterocycles. The van der Waals surface area contributed by atoms with Gasteiger partial charge in [0.2, 0.25) is 0 Å². The van der Waals surface area contributed by atoms with Crippen molar-refractivity contribution in [2.24, 2.45) is 4.99 Å². The molecule has 12 nitrogen and oxygen atoms in total. The lowest BCUT2D eigenvalue weighted by molar-refractivity contribution is 0.0803. The molecule has 0 aliphatic carbocycles. The van der Waals surface area contributed by atoms with Crippen LogP contribution in [0.25, 0.3) is 22.2 Å². The van der Waals surface area contributed by atoms with Gasteiger partial charge >= 0.3 is 0 Å². The SMILES string of the molecule is CC(C)Oc1ccc2c(c1)C(c1ccnc(N3CCN(C)CC3)c1)=NC2.CC(C)Oc1ccc2nn(COCC[Si](C)(C)C)c(-c3ccnc(N4CCN(C)CC4)c3)c2c1.Cl. The van der Waals surface area contributed by atoms with Crippen molar-refractivity contribution in [3.05, 3.63) is 89.7 Å². The van der Waals surface area contributed by atoms with Crippen LogP contribution in [0.5, 0.6) is 11.5 Å². The second-order valence-electron chi connectivity index (χ2n) is 18.1. The first kappa shape index (κ1) is 46.0. The van der Waals surface area contributed by atoms with Crippen molar-refractivity contribution < 1.29 is 14.2 Å². The molecule has 0 atom stereocenters. The molecule has 14 heteroatoms. The third kappa shape index (κ3) is 12.1. The highest BCUT2D eigenvalue weighted by Crippen LogP contribution is 2.34. The monoisotopic (exact) mass is 867 g/mol. The minimum absolute atomic E-state index is 0. The van der Waals surface area contributed by atoms with E-state index in [1.165, 1.54) is 11.1 Å². The summed E-state index contributed by atoms with van der Waals surface area (Å²) in [5, 5.41) is 5.97. The first-order valence-electron chi connectivity index (χ1n) is 21.7. The summed E-state index contributed by atoms with van der Waals surface area (Å²) in [5.41, 5.74) is 7.71. The fraction of sp³-hybridized carbons (Fsp3) is 0.489. The van der Waals surface area contributed by atoms with E-state index < -0.39 is 8.07 Å². The Labute approximate surface area is 370 Å². The number of hydrogen-bond donors (Lipinski definition) is 0. The standard InChI is InChI=1S/C26H39N5O2Si.C21H26N4O.ClH/c1-20(2)33-22-7-8-24-23(18-22)26(31(28-24)19-32-15-16-34(4,5)6)21-9-10-27-25(17-21)30-13-11-29(3)12-14-30;1-15(2)26-18-5-4-17-14-23-21(19(17)13-18)16-6-7-22-20(12-16)25-10-8-24(3)9-11-25;/h7-10,17-18,20H,11-16,19H2,1-6H3;4-7,12-13,15H,8-11,14H2,1-3H3;1H. The van der Waals surface area contributed by atoms with Crippen molar-refractivity contribution in [2.75, 3.05) is 82.9 Å². The maximum atomic E-state index is 6.11. The zero-order chi connectivity index (χ0) is 42.4. The molecule has 0 spiro atoms. The van der Waals surface area contributed by atoms with Crippen molar-refractivity contribution in [1.82, 2.24) is 29.5 Å². The molecule has 0 N–H and O–H groups in total. The maximum Gasteiger partial charge on any atom is 0.140 e. The smallest absolute Gasteiger partial charge is 0.140 e. The molecule has 5 aromatic rings. The molecule has 3 aliphatic rings. The number of benzene rings is 2.